The van der Waals surface area contributed by atoms with Crippen molar-refractivity contribution in [3.63, 3.8) is 0 Å². The quantitative estimate of drug-likeness (QED) is 0.298. The maximum atomic E-state index is 13.7. The molecular formula is C30H31F2N3O6S2. The van der Waals surface area contributed by atoms with Crippen molar-refractivity contribution in [2.45, 2.75) is 24.5 Å². The number of amides is 1. The van der Waals surface area contributed by atoms with Gasteiger partial charge >= 0.3 is 0 Å². The van der Waals surface area contributed by atoms with Gasteiger partial charge in [0.2, 0.25) is 20.0 Å². The molecule has 0 saturated carbocycles. The molecular weight excluding hydrogens is 600 g/mol. The van der Waals surface area contributed by atoms with E-state index in [-0.39, 0.29) is 35.7 Å². The number of anilines is 1. The summed E-state index contributed by atoms with van der Waals surface area (Å²) in [4.78, 5) is 13.1. The molecule has 13 heteroatoms. The van der Waals surface area contributed by atoms with Gasteiger partial charge in [-0.25, -0.2) is 29.9 Å². The lowest BCUT2D eigenvalue weighted by molar-refractivity contribution is 0.0964. The lowest BCUT2D eigenvalue weighted by atomic mass is 9.89. The number of carbonyl (C=O) groups excluding carboxylic acids is 1. The number of nitrogens with zero attached hydrogens (tertiary/aromatic N) is 2. The molecule has 1 N–H and O–H groups in total. The number of hydrogen-bond acceptors (Lipinski definition) is 6. The summed E-state index contributed by atoms with van der Waals surface area (Å²) in [5.74, 6) is -1.92. The molecule has 3 aromatic carbocycles. The number of halogens is 2. The van der Waals surface area contributed by atoms with Gasteiger partial charge in [-0.15, -0.1) is 0 Å². The predicted octanol–water partition coefficient (Wildman–Crippen LogP) is 4.84. The summed E-state index contributed by atoms with van der Waals surface area (Å²) in [5.41, 5.74) is 2.16. The van der Waals surface area contributed by atoms with Gasteiger partial charge in [-0.3, -0.25) is 9.10 Å². The average Bonchev–Trinajstić information content (AvgIpc) is 3.35. The molecule has 0 radical (unpaired) electrons. The third kappa shape index (κ3) is 6.29. The Morgan fingerprint density at radius 2 is 1.65 bits per heavy atom. The van der Waals surface area contributed by atoms with Crippen molar-refractivity contribution in [2.24, 2.45) is 0 Å². The monoisotopic (exact) mass is 631 g/mol. The number of nitrogens with one attached hydrogen (secondary N) is 1. The standard InChI is InChI=1S/C30H31F2N3O6S2/c1-33-30(36)28-25-15-24(21-5-4-14-35(17-21)43(39,40)18-19-6-10-22(31)11-7-19)26(34(2)42(3,37)38)16-27(25)41-29(28)20-8-12-23(32)13-9-20/h6-13,15-16,21H,4-5,14,17-18H2,1-3H3,(H,33,36)/t21-/m0/s1. The normalized spacial score (nSPS) is 16.3. The van der Waals surface area contributed by atoms with Gasteiger partial charge in [0.15, 0.2) is 0 Å². The van der Waals surface area contributed by atoms with Gasteiger partial charge in [0.25, 0.3) is 5.91 Å². The molecule has 1 fully saturated rings. The highest BCUT2D eigenvalue weighted by atomic mass is 32.2. The Hall–Kier alpha value is -3.81. The van der Waals surface area contributed by atoms with Crippen molar-refractivity contribution in [2.75, 3.05) is 37.7 Å². The van der Waals surface area contributed by atoms with E-state index in [1.54, 1.807) is 6.07 Å². The van der Waals surface area contributed by atoms with Crippen molar-refractivity contribution in [1.82, 2.24) is 9.62 Å². The number of benzene rings is 3. The first-order valence-corrected chi connectivity index (χ1v) is 17.0. The minimum atomic E-state index is -3.79. The fourth-order valence-corrected chi connectivity index (χ4v) is 7.54. The lowest BCUT2D eigenvalue weighted by Gasteiger charge is -2.34. The number of fused-ring (bicyclic) bond motifs is 1. The highest BCUT2D eigenvalue weighted by Crippen LogP contribution is 2.42. The number of rotatable bonds is 8. The predicted molar refractivity (Wildman–Crippen MR) is 161 cm³/mol. The Balaban J connectivity index is 1.62. The van der Waals surface area contributed by atoms with Crippen LogP contribution in [0.15, 0.2) is 65.1 Å². The van der Waals surface area contributed by atoms with Crippen LogP contribution in [0, 0.1) is 11.6 Å². The summed E-state index contributed by atoms with van der Waals surface area (Å²) in [5, 5.41) is 3.01. The van der Waals surface area contributed by atoms with E-state index < -0.39 is 43.5 Å². The van der Waals surface area contributed by atoms with Gasteiger partial charge in [0.1, 0.15) is 23.0 Å². The van der Waals surface area contributed by atoms with Crippen LogP contribution < -0.4 is 9.62 Å². The van der Waals surface area contributed by atoms with Crippen LogP contribution in [0.1, 0.15) is 40.2 Å². The molecule has 0 unspecified atom stereocenters. The van der Waals surface area contributed by atoms with Crippen LogP contribution >= 0.6 is 0 Å². The first kappa shape index (κ1) is 30.6. The van der Waals surface area contributed by atoms with Crippen molar-refractivity contribution in [3.8, 4) is 11.3 Å². The zero-order chi connectivity index (χ0) is 31.1. The Morgan fingerprint density at radius 1 is 1.02 bits per heavy atom. The number of carbonyl (C=O) groups is 1. The van der Waals surface area contributed by atoms with Crippen molar-refractivity contribution in [1.29, 1.82) is 0 Å². The Labute approximate surface area is 249 Å². The summed E-state index contributed by atoms with van der Waals surface area (Å²) < 4.78 is 87.8. The van der Waals surface area contributed by atoms with Gasteiger partial charge in [0.05, 0.1) is 23.3 Å². The zero-order valence-electron chi connectivity index (χ0n) is 23.8. The minimum Gasteiger partial charge on any atom is -0.455 e. The molecule has 1 amide bonds. The Kier molecular flexibility index (Phi) is 8.34. The molecule has 9 nitrogen and oxygen atoms in total. The number of furan rings is 1. The summed E-state index contributed by atoms with van der Waals surface area (Å²) in [6.45, 7) is 0.362. The van der Waals surface area contributed by atoms with Gasteiger partial charge in [-0.05, 0) is 72.4 Å². The second-order valence-electron chi connectivity index (χ2n) is 10.6. The van der Waals surface area contributed by atoms with Crippen LogP contribution in [0.2, 0.25) is 0 Å². The summed E-state index contributed by atoms with van der Waals surface area (Å²) >= 11 is 0. The van der Waals surface area contributed by atoms with Gasteiger partial charge in [-0.2, -0.15) is 0 Å². The van der Waals surface area contributed by atoms with E-state index in [9.17, 15) is 30.4 Å². The van der Waals surface area contributed by atoms with Gasteiger partial charge in [0, 0.05) is 44.2 Å². The van der Waals surface area contributed by atoms with E-state index >= 15 is 0 Å². The van der Waals surface area contributed by atoms with E-state index in [1.807, 2.05) is 0 Å². The molecule has 4 aromatic rings. The average molecular weight is 632 g/mol. The number of hydrogen-bond donors (Lipinski definition) is 1. The maximum Gasteiger partial charge on any atom is 0.255 e. The molecule has 43 heavy (non-hydrogen) atoms. The first-order valence-electron chi connectivity index (χ1n) is 13.5. The minimum absolute atomic E-state index is 0.0810. The summed E-state index contributed by atoms with van der Waals surface area (Å²) in [6, 6.07) is 14.0. The van der Waals surface area contributed by atoms with Crippen LogP contribution in [0.4, 0.5) is 14.5 Å². The van der Waals surface area contributed by atoms with Crippen molar-refractivity contribution >= 4 is 42.6 Å². The van der Waals surface area contributed by atoms with Crippen LogP contribution in [0.3, 0.4) is 0 Å². The Bertz CT molecular complexity index is 1890. The Morgan fingerprint density at radius 3 is 2.26 bits per heavy atom. The van der Waals surface area contributed by atoms with Crippen LogP contribution in [0.25, 0.3) is 22.3 Å². The third-order valence-electron chi connectivity index (χ3n) is 7.71. The largest absolute Gasteiger partial charge is 0.455 e. The van der Waals surface area contributed by atoms with Crippen LogP contribution in [0.5, 0.6) is 0 Å². The summed E-state index contributed by atoms with van der Waals surface area (Å²) in [6.07, 6.45) is 2.14. The first-order chi connectivity index (χ1) is 20.3. The topological polar surface area (TPSA) is 117 Å². The molecule has 0 aliphatic carbocycles. The SMILES string of the molecule is CNC(=O)c1c(-c2ccc(F)cc2)oc2cc(N(C)S(C)(=O)=O)c([C@H]3CCCN(S(=O)(=O)Cc4ccc(F)cc4)C3)cc12. The van der Waals surface area contributed by atoms with Crippen LogP contribution in [-0.2, 0) is 25.8 Å². The molecule has 1 aromatic heterocycles. The maximum absolute atomic E-state index is 13.7. The van der Waals surface area contributed by atoms with Gasteiger partial charge < -0.3 is 9.73 Å². The molecule has 1 aliphatic rings. The lowest BCUT2D eigenvalue weighted by Crippen LogP contribution is -2.40. The zero-order valence-corrected chi connectivity index (χ0v) is 25.4. The van der Waals surface area contributed by atoms with Gasteiger partial charge in [-0.1, -0.05) is 12.1 Å². The molecule has 1 saturated heterocycles. The molecule has 0 spiro atoms. The van der Waals surface area contributed by atoms with E-state index in [1.165, 1.54) is 73.0 Å². The van der Waals surface area contributed by atoms with E-state index in [0.29, 0.717) is 40.6 Å². The molecule has 2 heterocycles. The van der Waals surface area contributed by atoms with E-state index in [4.69, 9.17) is 4.42 Å². The smallest absolute Gasteiger partial charge is 0.255 e. The highest BCUT2D eigenvalue weighted by Gasteiger charge is 2.33. The fraction of sp³-hybridized carbons (Fsp3) is 0.300. The second kappa shape index (κ2) is 11.7. The molecule has 228 valence electrons. The van der Waals surface area contributed by atoms with Crippen molar-refractivity contribution in [3.05, 3.63) is 89.0 Å². The van der Waals surface area contributed by atoms with Crippen LogP contribution in [-0.4, -0.2) is 60.5 Å². The third-order valence-corrected chi connectivity index (χ3v) is 10.7. The van der Waals surface area contributed by atoms with E-state index in [2.05, 4.69) is 5.32 Å². The highest BCUT2D eigenvalue weighted by molar-refractivity contribution is 7.92. The van der Waals surface area contributed by atoms with E-state index in [0.717, 1.165) is 10.6 Å². The van der Waals surface area contributed by atoms with Crippen molar-refractivity contribution < 1.29 is 34.8 Å². The summed E-state index contributed by atoms with van der Waals surface area (Å²) in [7, 11) is -4.67. The number of sulfonamides is 2. The second-order valence-corrected chi connectivity index (χ2v) is 14.6. The molecule has 1 aliphatic heterocycles. The molecule has 5 rings (SSSR count). The number of piperidine rings is 1. The molecule has 1 atom stereocenters. The fourth-order valence-electron chi connectivity index (χ4n) is 5.41. The molecule has 0 bridgehead atoms.